The highest BCUT2D eigenvalue weighted by Gasteiger charge is 2.50. The van der Waals surface area contributed by atoms with E-state index in [-0.39, 0.29) is 6.54 Å². The molecule has 1 heterocycles. The molecule has 0 aliphatic carbocycles. The first-order valence-electron chi connectivity index (χ1n) is 4.72. The normalized spacial score (nSPS) is 25.6. The molecule has 1 aliphatic heterocycles. The summed E-state index contributed by atoms with van der Waals surface area (Å²) in [6, 6.07) is 1.60. The van der Waals surface area contributed by atoms with Crippen LogP contribution in [0.3, 0.4) is 0 Å². The van der Waals surface area contributed by atoms with Gasteiger partial charge in [-0.05, 0) is 0 Å². The number of amides is 1. The topological polar surface area (TPSA) is 64.3 Å². The number of nitriles is 1. The van der Waals surface area contributed by atoms with Gasteiger partial charge in [0.25, 0.3) is 0 Å². The fourth-order valence-corrected chi connectivity index (χ4v) is 1.81. The van der Waals surface area contributed by atoms with Crippen molar-refractivity contribution < 1.29 is 23.1 Å². The molecule has 90 valence electrons. The van der Waals surface area contributed by atoms with E-state index < -0.39 is 43.5 Å². The van der Waals surface area contributed by atoms with Gasteiger partial charge in [-0.25, -0.2) is 0 Å². The molecule has 1 aliphatic rings. The molecular formula is C9H11F3N2O2. The fourth-order valence-electron chi connectivity index (χ4n) is 1.81. The van der Waals surface area contributed by atoms with Crippen molar-refractivity contribution in [3.8, 4) is 6.07 Å². The van der Waals surface area contributed by atoms with Crippen molar-refractivity contribution in [1.82, 2.24) is 4.90 Å². The van der Waals surface area contributed by atoms with Crippen LogP contribution in [0.15, 0.2) is 0 Å². The molecule has 1 amide bonds. The summed E-state index contributed by atoms with van der Waals surface area (Å²) >= 11 is 0. The van der Waals surface area contributed by atoms with Gasteiger partial charge < -0.3 is 10.0 Å². The average molecular weight is 236 g/mol. The minimum Gasteiger partial charge on any atom is -0.396 e. The first-order chi connectivity index (χ1) is 7.40. The molecule has 1 saturated heterocycles. The van der Waals surface area contributed by atoms with Crippen LogP contribution in [-0.4, -0.2) is 41.8 Å². The van der Waals surface area contributed by atoms with Crippen LogP contribution < -0.4 is 0 Å². The number of likely N-dealkylation sites (tertiary alicyclic amines) is 1. The van der Waals surface area contributed by atoms with Gasteiger partial charge in [-0.3, -0.25) is 4.79 Å². The quantitative estimate of drug-likeness (QED) is 0.760. The highest BCUT2D eigenvalue weighted by atomic mass is 19.4. The summed E-state index contributed by atoms with van der Waals surface area (Å²) in [5.74, 6) is -3.30. The molecule has 7 heteroatoms. The smallest absolute Gasteiger partial charge is 0.393 e. The van der Waals surface area contributed by atoms with Gasteiger partial charge in [-0.15, -0.1) is 0 Å². The van der Waals surface area contributed by atoms with Crippen molar-refractivity contribution in [3.05, 3.63) is 0 Å². The SMILES string of the molecule is N#CCC(=O)N1C[C@H](CO)[C@@H](C(F)(F)F)C1. The molecule has 0 saturated carbocycles. The van der Waals surface area contributed by atoms with E-state index in [0.717, 1.165) is 4.90 Å². The summed E-state index contributed by atoms with van der Waals surface area (Å²) in [6.45, 7) is -1.21. The van der Waals surface area contributed by atoms with E-state index in [2.05, 4.69) is 0 Å². The van der Waals surface area contributed by atoms with Crippen molar-refractivity contribution >= 4 is 5.91 Å². The third kappa shape index (κ3) is 2.64. The van der Waals surface area contributed by atoms with Crippen molar-refractivity contribution in [1.29, 1.82) is 5.26 Å². The molecule has 0 unspecified atom stereocenters. The number of carbonyl (C=O) groups excluding carboxylic acids is 1. The lowest BCUT2D eigenvalue weighted by Gasteiger charge is -2.18. The highest BCUT2D eigenvalue weighted by molar-refractivity contribution is 5.78. The zero-order chi connectivity index (χ0) is 12.3. The van der Waals surface area contributed by atoms with Crippen molar-refractivity contribution in [2.75, 3.05) is 19.7 Å². The lowest BCUT2D eigenvalue weighted by Crippen LogP contribution is -2.32. The molecule has 0 radical (unpaired) electrons. The number of carbonyl (C=O) groups is 1. The zero-order valence-corrected chi connectivity index (χ0v) is 8.37. The summed E-state index contributed by atoms with van der Waals surface area (Å²) in [4.78, 5) is 12.2. The monoisotopic (exact) mass is 236 g/mol. The summed E-state index contributed by atoms with van der Waals surface area (Å²) < 4.78 is 37.5. The van der Waals surface area contributed by atoms with Crippen molar-refractivity contribution in [2.45, 2.75) is 12.6 Å². The van der Waals surface area contributed by atoms with E-state index in [1.54, 1.807) is 6.07 Å². The predicted molar refractivity (Wildman–Crippen MR) is 46.9 cm³/mol. The summed E-state index contributed by atoms with van der Waals surface area (Å²) in [7, 11) is 0. The van der Waals surface area contributed by atoms with Gasteiger partial charge in [0.05, 0.1) is 12.0 Å². The van der Waals surface area contributed by atoms with E-state index in [1.165, 1.54) is 0 Å². The van der Waals surface area contributed by atoms with Gasteiger partial charge in [0, 0.05) is 25.6 Å². The number of nitrogens with zero attached hydrogens (tertiary/aromatic N) is 2. The van der Waals surface area contributed by atoms with Crippen LogP contribution in [0.4, 0.5) is 13.2 Å². The van der Waals surface area contributed by atoms with E-state index in [9.17, 15) is 18.0 Å². The third-order valence-corrected chi connectivity index (χ3v) is 2.68. The molecule has 0 bridgehead atoms. The highest BCUT2D eigenvalue weighted by Crippen LogP contribution is 2.37. The number of halogens is 3. The van der Waals surface area contributed by atoms with Crippen LogP contribution >= 0.6 is 0 Å². The molecule has 1 N–H and O–H groups in total. The Hall–Kier alpha value is -1.29. The Bertz CT molecular complexity index is 311. The van der Waals surface area contributed by atoms with Crippen LogP contribution in [0.1, 0.15) is 6.42 Å². The Balaban J connectivity index is 2.71. The van der Waals surface area contributed by atoms with Crippen LogP contribution in [-0.2, 0) is 4.79 Å². The molecule has 0 aromatic carbocycles. The number of aliphatic hydroxyl groups excluding tert-OH is 1. The molecule has 0 aromatic rings. The lowest BCUT2D eigenvalue weighted by atomic mass is 9.97. The van der Waals surface area contributed by atoms with Crippen molar-refractivity contribution in [3.63, 3.8) is 0 Å². The number of aliphatic hydroxyl groups is 1. The second-order valence-electron chi connectivity index (χ2n) is 3.72. The summed E-state index contributed by atoms with van der Waals surface area (Å²) in [5.41, 5.74) is 0. The minimum atomic E-state index is -4.42. The Morgan fingerprint density at radius 1 is 1.50 bits per heavy atom. The second kappa shape index (κ2) is 4.70. The second-order valence-corrected chi connectivity index (χ2v) is 3.72. The van der Waals surface area contributed by atoms with Gasteiger partial charge in [-0.2, -0.15) is 18.4 Å². The fraction of sp³-hybridized carbons (Fsp3) is 0.778. The molecule has 0 spiro atoms. The maximum atomic E-state index is 12.5. The molecule has 16 heavy (non-hydrogen) atoms. The first-order valence-corrected chi connectivity index (χ1v) is 4.72. The molecule has 2 atom stereocenters. The van der Waals surface area contributed by atoms with Gasteiger partial charge in [0.2, 0.25) is 5.91 Å². The molecule has 1 fully saturated rings. The maximum absolute atomic E-state index is 12.5. The van der Waals surface area contributed by atoms with Crippen LogP contribution in [0.25, 0.3) is 0 Å². The van der Waals surface area contributed by atoms with Gasteiger partial charge in [-0.1, -0.05) is 0 Å². The third-order valence-electron chi connectivity index (χ3n) is 2.68. The van der Waals surface area contributed by atoms with Crippen molar-refractivity contribution in [2.24, 2.45) is 11.8 Å². The van der Waals surface area contributed by atoms with E-state index in [4.69, 9.17) is 10.4 Å². The van der Waals surface area contributed by atoms with E-state index >= 15 is 0 Å². The first kappa shape index (κ1) is 12.8. The van der Waals surface area contributed by atoms with Gasteiger partial charge in [0.1, 0.15) is 6.42 Å². The van der Waals surface area contributed by atoms with E-state index in [0.29, 0.717) is 0 Å². The molecular weight excluding hydrogens is 225 g/mol. The number of rotatable bonds is 2. The molecule has 0 aromatic heterocycles. The zero-order valence-electron chi connectivity index (χ0n) is 8.37. The summed E-state index contributed by atoms with van der Waals surface area (Å²) in [6.07, 6.45) is -4.85. The maximum Gasteiger partial charge on any atom is 0.393 e. The Morgan fingerprint density at radius 3 is 2.50 bits per heavy atom. The molecule has 1 rings (SSSR count). The Kier molecular flexibility index (Phi) is 3.75. The molecule has 4 nitrogen and oxygen atoms in total. The van der Waals surface area contributed by atoms with Gasteiger partial charge >= 0.3 is 6.18 Å². The van der Waals surface area contributed by atoms with Crippen LogP contribution in [0.2, 0.25) is 0 Å². The Morgan fingerprint density at radius 2 is 2.12 bits per heavy atom. The van der Waals surface area contributed by atoms with E-state index in [1.807, 2.05) is 0 Å². The number of alkyl halides is 3. The number of hydrogen-bond donors (Lipinski definition) is 1. The average Bonchev–Trinajstić information content (AvgIpc) is 2.61. The largest absolute Gasteiger partial charge is 0.396 e. The lowest BCUT2D eigenvalue weighted by molar-refractivity contribution is -0.183. The standard InChI is InChI=1S/C9H11F3N2O2/c10-9(11,12)7-4-14(3-6(7)5-15)8(16)1-2-13/h6-7,15H,1,3-5H2/t6-,7+/m1/s1. The minimum absolute atomic E-state index is 0.138. The van der Waals surface area contributed by atoms with Gasteiger partial charge in [0.15, 0.2) is 0 Å². The van der Waals surface area contributed by atoms with Crippen LogP contribution in [0.5, 0.6) is 0 Å². The summed E-state index contributed by atoms with van der Waals surface area (Å²) in [5, 5.41) is 17.1. The Labute approximate surface area is 90.3 Å². The number of hydrogen-bond acceptors (Lipinski definition) is 3. The van der Waals surface area contributed by atoms with Crippen LogP contribution in [0, 0.1) is 23.2 Å². The predicted octanol–water partition coefficient (Wildman–Crippen LogP) is 0.529.